The van der Waals surface area contributed by atoms with Crippen LogP contribution in [0.5, 0.6) is 0 Å². The fourth-order valence-corrected chi connectivity index (χ4v) is 3.77. The summed E-state index contributed by atoms with van der Waals surface area (Å²) in [4.78, 5) is 30.8. The highest BCUT2D eigenvalue weighted by atomic mass is 19.4. The molecule has 0 bridgehead atoms. The fourth-order valence-electron chi connectivity index (χ4n) is 3.77. The highest BCUT2D eigenvalue weighted by Crippen LogP contribution is 2.33. The van der Waals surface area contributed by atoms with Gasteiger partial charge >= 0.3 is 12.4 Å². The number of nitrogens with zero attached hydrogens (tertiary/aromatic N) is 2. The SMILES string of the molecule is O=C(c1ccc(C(F)(F)F)c(F)c1)N1CCN(C(=O)c2cc3cc(C(F)(F)F)ccc3[nH]2)CC1. The number of H-pyrrole nitrogens is 1. The molecule has 1 fully saturated rings. The van der Waals surface area contributed by atoms with E-state index in [4.69, 9.17) is 0 Å². The van der Waals surface area contributed by atoms with Crippen molar-refractivity contribution >= 4 is 22.7 Å². The smallest absolute Gasteiger partial charge is 0.351 e. The third-order valence-electron chi connectivity index (χ3n) is 5.55. The summed E-state index contributed by atoms with van der Waals surface area (Å²) in [7, 11) is 0. The molecule has 0 atom stereocenters. The monoisotopic (exact) mass is 487 g/mol. The van der Waals surface area contributed by atoms with E-state index in [1.54, 1.807) is 0 Å². The molecule has 0 radical (unpaired) electrons. The second kappa shape index (κ2) is 8.33. The molecule has 5 nitrogen and oxygen atoms in total. The highest BCUT2D eigenvalue weighted by Gasteiger charge is 2.35. The third kappa shape index (κ3) is 4.57. The number of benzene rings is 2. The number of rotatable bonds is 2. The van der Waals surface area contributed by atoms with Gasteiger partial charge in [0.05, 0.1) is 11.1 Å². The average Bonchev–Trinajstić information content (AvgIpc) is 3.20. The topological polar surface area (TPSA) is 56.4 Å². The van der Waals surface area contributed by atoms with Crippen LogP contribution >= 0.6 is 0 Å². The number of amides is 2. The normalized spacial score (nSPS) is 15.1. The third-order valence-corrected chi connectivity index (χ3v) is 5.55. The number of nitrogens with one attached hydrogen (secondary N) is 1. The fraction of sp³-hybridized carbons (Fsp3) is 0.273. The molecule has 180 valence electrons. The first-order valence-corrected chi connectivity index (χ1v) is 10.00. The summed E-state index contributed by atoms with van der Waals surface area (Å²) in [5.41, 5.74) is -2.13. The minimum Gasteiger partial charge on any atom is -0.351 e. The number of hydrogen-bond acceptors (Lipinski definition) is 2. The molecule has 1 N–H and O–H groups in total. The maximum atomic E-state index is 13.8. The van der Waals surface area contributed by atoms with Crippen LogP contribution < -0.4 is 0 Å². The molecule has 2 heterocycles. The first-order chi connectivity index (χ1) is 15.8. The molecule has 2 amide bonds. The maximum Gasteiger partial charge on any atom is 0.419 e. The van der Waals surface area contributed by atoms with E-state index in [2.05, 4.69) is 4.98 Å². The Balaban J connectivity index is 1.43. The van der Waals surface area contributed by atoms with E-state index in [9.17, 15) is 40.3 Å². The predicted octanol–water partition coefficient (Wildman–Crippen LogP) is 4.94. The standard InChI is InChI=1S/C22H16F7N3O2/c23-16-10-12(1-3-15(16)22(27,28)29)19(33)31-5-7-32(8-6-31)20(34)18-11-13-9-14(21(24,25)26)2-4-17(13)30-18/h1-4,9-11,30H,5-8H2. The van der Waals surface area contributed by atoms with Gasteiger partial charge in [0, 0.05) is 42.6 Å². The van der Waals surface area contributed by atoms with E-state index in [0.29, 0.717) is 17.6 Å². The zero-order valence-corrected chi connectivity index (χ0v) is 17.2. The zero-order valence-electron chi connectivity index (χ0n) is 17.2. The lowest BCUT2D eigenvalue weighted by Gasteiger charge is -2.34. The highest BCUT2D eigenvalue weighted by molar-refractivity contribution is 5.98. The van der Waals surface area contributed by atoms with E-state index < -0.39 is 41.1 Å². The maximum absolute atomic E-state index is 13.8. The second-order valence-electron chi connectivity index (χ2n) is 7.76. The van der Waals surface area contributed by atoms with E-state index in [-0.39, 0.29) is 42.8 Å². The summed E-state index contributed by atoms with van der Waals surface area (Å²) < 4.78 is 90.6. The molecule has 0 spiro atoms. The summed E-state index contributed by atoms with van der Waals surface area (Å²) in [5, 5.41) is 0.219. The van der Waals surface area contributed by atoms with Crippen LogP contribution in [0.25, 0.3) is 10.9 Å². The van der Waals surface area contributed by atoms with Crippen molar-refractivity contribution in [2.24, 2.45) is 0 Å². The minimum absolute atomic E-state index is 0.0473. The van der Waals surface area contributed by atoms with Crippen LogP contribution in [0, 0.1) is 5.82 Å². The van der Waals surface area contributed by atoms with E-state index in [1.807, 2.05) is 0 Å². The van der Waals surface area contributed by atoms with Crippen molar-refractivity contribution in [2.45, 2.75) is 12.4 Å². The first kappa shape index (κ1) is 23.6. The molecule has 0 unspecified atom stereocenters. The Morgan fingerprint density at radius 2 is 1.38 bits per heavy atom. The molecule has 1 saturated heterocycles. The van der Waals surface area contributed by atoms with E-state index in [1.165, 1.54) is 21.9 Å². The van der Waals surface area contributed by atoms with Crippen LogP contribution in [-0.2, 0) is 12.4 Å². The number of carbonyl (C=O) groups is 2. The Kier molecular flexibility index (Phi) is 5.78. The van der Waals surface area contributed by atoms with Crippen molar-refractivity contribution in [3.8, 4) is 0 Å². The number of carbonyl (C=O) groups excluding carboxylic acids is 2. The van der Waals surface area contributed by atoms with Crippen molar-refractivity contribution < 1.29 is 40.3 Å². The number of aromatic amines is 1. The van der Waals surface area contributed by atoms with Gasteiger partial charge in [-0.3, -0.25) is 9.59 Å². The Morgan fingerprint density at radius 3 is 1.94 bits per heavy atom. The summed E-state index contributed by atoms with van der Waals surface area (Å²) in [6, 6.07) is 6.31. The van der Waals surface area contributed by atoms with Crippen LogP contribution in [0.15, 0.2) is 42.5 Å². The molecular formula is C22H16F7N3O2. The molecule has 0 aliphatic carbocycles. The molecule has 34 heavy (non-hydrogen) atoms. The largest absolute Gasteiger partial charge is 0.419 e. The lowest BCUT2D eigenvalue weighted by Crippen LogP contribution is -2.50. The number of aromatic nitrogens is 1. The molecule has 2 aromatic carbocycles. The van der Waals surface area contributed by atoms with Crippen molar-refractivity contribution in [2.75, 3.05) is 26.2 Å². The van der Waals surface area contributed by atoms with E-state index >= 15 is 0 Å². The molecule has 1 aromatic heterocycles. The summed E-state index contributed by atoms with van der Waals surface area (Å²) in [6.45, 7) is 0.255. The van der Waals surface area contributed by atoms with Gasteiger partial charge < -0.3 is 14.8 Å². The Labute approximate surface area is 187 Å². The van der Waals surface area contributed by atoms with Crippen molar-refractivity contribution in [1.82, 2.24) is 14.8 Å². The van der Waals surface area contributed by atoms with Gasteiger partial charge in [-0.1, -0.05) is 0 Å². The molecule has 12 heteroatoms. The molecular weight excluding hydrogens is 471 g/mol. The van der Waals surface area contributed by atoms with Gasteiger partial charge in [0.2, 0.25) is 0 Å². The van der Waals surface area contributed by atoms with Gasteiger partial charge in [-0.15, -0.1) is 0 Å². The molecule has 3 aromatic rings. The van der Waals surface area contributed by atoms with Crippen LogP contribution in [0.3, 0.4) is 0 Å². The van der Waals surface area contributed by atoms with Gasteiger partial charge in [-0.05, 0) is 42.5 Å². The van der Waals surface area contributed by atoms with Gasteiger partial charge in [-0.2, -0.15) is 26.3 Å². The Bertz CT molecular complexity index is 1260. The predicted molar refractivity (Wildman–Crippen MR) is 107 cm³/mol. The number of hydrogen-bond donors (Lipinski definition) is 1. The Morgan fingerprint density at radius 1 is 0.765 bits per heavy atom. The molecule has 0 saturated carbocycles. The van der Waals surface area contributed by atoms with Gasteiger partial charge in [0.1, 0.15) is 11.5 Å². The molecule has 4 rings (SSSR count). The quantitative estimate of drug-likeness (QED) is 0.521. The average molecular weight is 487 g/mol. The number of halogens is 7. The van der Waals surface area contributed by atoms with Crippen LogP contribution in [-0.4, -0.2) is 52.8 Å². The van der Waals surface area contributed by atoms with Gasteiger partial charge in [-0.25, -0.2) is 4.39 Å². The molecule has 1 aliphatic rings. The molecule has 1 aliphatic heterocycles. The summed E-state index contributed by atoms with van der Waals surface area (Å²) in [6.07, 6.45) is -9.40. The minimum atomic E-state index is -4.88. The number of fused-ring (bicyclic) bond motifs is 1. The van der Waals surface area contributed by atoms with Crippen molar-refractivity contribution in [3.63, 3.8) is 0 Å². The van der Waals surface area contributed by atoms with Gasteiger partial charge in [0.25, 0.3) is 11.8 Å². The van der Waals surface area contributed by atoms with Crippen molar-refractivity contribution in [1.29, 1.82) is 0 Å². The number of alkyl halides is 6. The summed E-state index contributed by atoms with van der Waals surface area (Å²) >= 11 is 0. The van der Waals surface area contributed by atoms with Crippen LogP contribution in [0.4, 0.5) is 30.7 Å². The van der Waals surface area contributed by atoms with Gasteiger partial charge in [0.15, 0.2) is 0 Å². The first-order valence-electron chi connectivity index (χ1n) is 10.00. The zero-order chi connectivity index (χ0) is 24.8. The van der Waals surface area contributed by atoms with Crippen molar-refractivity contribution in [3.05, 3.63) is 70.7 Å². The lowest BCUT2D eigenvalue weighted by molar-refractivity contribution is -0.140. The second-order valence-corrected chi connectivity index (χ2v) is 7.76. The lowest BCUT2D eigenvalue weighted by atomic mass is 10.1. The Hall–Kier alpha value is -3.57. The van der Waals surface area contributed by atoms with Crippen LogP contribution in [0.2, 0.25) is 0 Å². The number of piperazine rings is 1. The van der Waals surface area contributed by atoms with E-state index in [0.717, 1.165) is 18.2 Å². The van der Waals surface area contributed by atoms with Crippen LogP contribution in [0.1, 0.15) is 32.0 Å². The summed E-state index contributed by atoms with van der Waals surface area (Å²) in [5.74, 6) is -2.71.